The van der Waals surface area contributed by atoms with E-state index in [0.29, 0.717) is 12.0 Å². The number of fused-ring (bicyclic) bond motifs is 4. The number of pyridine rings is 1. The summed E-state index contributed by atoms with van der Waals surface area (Å²) in [5.74, 6) is 1.45. The molecule has 1 aromatic carbocycles. The van der Waals surface area contributed by atoms with Crippen LogP contribution in [0, 0.1) is 5.92 Å². The molecule has 6 rings (SSSR count). The van der Waals surface area contributed by atoms with Gasteiger partial charge in [0.2, 0.25) is 5.88 Å². The Bertz CT molecular complexity index is 847. The van der Waals surface area contributed by atoms with Gasteiger partial charge in [-0.3, -0.25) is 4.90 Å². The van der Waals surface area contributed by atoms with Crippen molar-refractivity contribution in [3.8, 4) is 17.0 Å². The van der Waals surface area contributed by atoms with E-state index in [9.17, 15) is 0 Å². The molecule has 1 atom stereocenters. The molecule has 122 valence electrons. The van der Waals surface area contributed by atoms with Crippen LogP contribution >= 0.6 is 0 Å². The molecule has 3 aromatic rings. The third-order valence-electron chi connectivity index (χ3n) is 5.49. The molecule has 4 nitrogen and oxygen atoms in total. The summed E-state index contributed by atoms with van der Waals surface area (Å²) in [7, 11) is 0. The highest BCUT2D eigenvalue weighted by molar-refractivity contribution is 5.84. The van der Waals surface area contributed by atoms with Crippen molar-refractivity contribution in [1.82, 2.24) is 14.9 Å². The molecule has 3 aliphatic rings. The van der Waals surface area contributed by atoms with Gasteiger partial charge in [0.15, 0.2) is 0 Å². The average molecular weight is 319 g/mol. The van der Waals surface area contributed by atoms with E-state index >= 15 is 0 Å². The molecular weight excluding hydrogens is 298 g/mol. The second kappa shape index (κ2) is 5.64. The molecule has 0 aliphatic carbocycles. The van der Waals surface area contributed by atoms with Crippen LogP contribution in [0.15, 0.2) is 48.8 Å². The molecule has 0 saturated carbocycles. The van der Waals surface area contributed by atoms with Crippen molar-refractivity contribution >= 4 is 10.9 Å². The number of hydrogen-bond donors (Lipinski definition) is 1. The van der Waals surface area contributed by atoms with Gasteiger partial charge in [0.25, 0.3) is 0 Å². The van der Waals surface area contributed by atoms with Crippen LogP contribution in [-0.2, 0) is 0 Å². The summed E-state index contributed by atoms with van der Waals surface area (Å²) in [6, 6.07) is 12.6. The number of rotatable bonds is 3. The van der Waals surface area contributed by atoms with E-state index < -0.39 is 0 Å². The van der Waals surface area contributed by atoms with Gasteiger partial charge < -0.3 is 9.72 Å². The zero-order chi connectivity index (χ0) is 15.9. The molecule has 1 unspecified atom stereocenters. The highest BCUT2D eigenvalue weighted by Crippen LogP contribution is 2.31. The quantitative estimate of drug-likeness (QED) is 0.800. The van der Waals surface area contributed by atoms with Gasteiger partial charge in [0.05, 0.1) is 0 Å². The van der Waals surface area contributed by atoms with Crippen molar-refractivity contribution in [1.29, 1.82) is 0 Å². The first kappa shape index (κ1) is 14.1. The van der Waals surface area contributed by atoms with Crippen LogP contribution < -0.4 is 4.74 Å². The predicted molar refractivity (Wildman–Crippen MR) is 95.1 cm³/mol. The summed E-state index contributed by atoms with van der Waals surface area (Å²) in [6.45, 7) is 3.52. The minimum Gasteiger partial charge on any atom is -0.473 e. The minimum atomic E-state index is 0.307. The summed E-state index contributed by atoms with van der Waals surface area (Å²) < 4.78 is 6.18. The largest absolute Gasteiger partial charge is 0.473 e. The van der Waals surface area contributed by atoms with Gasteiger partial charge in [-0.05, 0) is 67.1 Å². The highest BCUT2D eigenvalue weighted by Gasteiger charge is 2.35. The van der Waals surface area contributed by atoms with E-state index in [0.717, 1.165) is 23.5 Å². The van der Waals surface area contributed by atoms with E-state index in [1.54, 1.807) is 0 Å². The number of ether oxygens (including phenoxy) is 1. The molecule has 3 fully saturated rings. The zero-order valence-electron chi connectivity index (χ0n) is 13.6. The summed E-state index contributed by atoms with van der Waals surface area (Å²) in [5.41, 5.74) is 3.47. The predicted octanol–water partition coefficient (Wildman–Crippen LogP) is 3.70. The molecule has 3 saturated heterocycles. The average Bonchev–Trinajstić information content (AvgIpc) is 3.11. The standard InChI is InChI=1S/C20H21N3O/c1-3-18-16(5-8-21-18)11-15(1)17-2-4-20(22-12-17)24-19-13-23-9-6-14(19)7-10-23/h1-5,8,11-12,14,19,21H,6-7,9-10,13H2. The van der Waals surface area contributed by atoms with Crippen molar-refractivity contribution in [2.24, 2.45) is 5.92 Å². The Kier molecular flexibility index (Phi) is 3.30. The number of nitrogens with one attached hydrogen (secondary N) is 1. The summed E-state index contributed by atoms with van der Waals surface area (Å²) in [4.78, 5) is 10.3. The molecule has 2 aromatic heterocycles. The minimum absolute atomic E-state index is 0.307. The summed E-state index contributed by atoms with van der Waals surface area (Å²) in [5, 5.41) is 1.22. The van der Waals surface area contributed by atoms with Crippen molar-refractivity contribution in [3.63, 3.8) is 0 Å². The number of H-pyrrole nitrogens is 1. The Morgan fingerprint density at radius 3 is 2.67 bits per heavy atom. The normalized spacial score (nSPS) is 25.9. The fourth-order valence-electron chi connectivity index (χ4n) is 4.05. The van der Waals surface area contributed by atoms with E-state index in [1.807, 2.05) is 18.5 Å². The monoisotopic (exact) mass is 319 g/mol. The van der Waals surface area contributed by atoms with Crippen LogP contribution in [0.5, 0.6) is 5.88 Å². The molecule has 1 N–H and O–H groups in total. The smallest absolute Gasteiger partial charge is 0.213 e. The first-order valence-corrected chi connectivity index (χ1v) is 8.78. The van der Waals surface area contributed by atoms with Crippen LogP contribution in [0.2, 0.25) is 0 Å². The Morgan fingerprint density at radius 2 is 1.92 bits per heavy atom. The molecule has 0 radical (unpaired) electrons. The maximum Gasteiger partial charge on any atom is 0.213 e. The number of nitrogens with zero attached hydrogens (tertiary/aromatic N) is 2. The maximum absolute atomic E-state index is 6.18. The summed E-state index contributed by atoms with van der Waals surface area (Å²) >= 11 is 0. The number of hydrogen-bond acceptors (Lipinski definition) is 3. The molecular formula is C20H21N3O. The molecule has 4 heteroatoms. The number of aromatic nitrogens is 2. The van der Waals surface area contributed by atoms with Crippen LogP contribution in [0.4, 0.5) is 0 Å². The second-order valence-corrected chi connectivity index (χ2v) is 6.96. The Balaban J connectivity index is 1.35. The van der Waals surface area contributed by atoms with Crippen LogP contribution in [0.25, 0.3) is 22.0 Å². The van der Waals surface area contributed by atoms with Crippen molar-refractivity contribution in [3.05, 3.63) is 48.8 Å². The molecule has 2 bridgehead atoms. The molecule has 5 heterocycles. The Hall–Kier alpha value is -2.33. The van der Waals surface area contributed by atoms with Gasteiger partial charge in [0.1, 0.15) is 6.10 Å². The van der Waals surface area contributed by atoms with Gasteiger partial charge in [-0.25, -0.2) is 4.98 Å². The van der Waals surface area contributed by atoms with E-state index in [-0.39, 0.29) is 0 Å². The molecule has 3 aliphatic heterocycles. The van der Waals surface area contributed by atoms with Gasteiger partial charge >= 0.3 is 0 Å². The highest BCUT2D eigenvalue weighted by atomic mass is 16.5. The van der Waals surface area contributed by atoms with E-state index in [2.05, 4.69) is 45.2 Å². The first-order chi connectivity index (χ1) is 11.8. The zero-order valence-corrected chi connectivity index (χ0v) is 13.6. The number of benzene rings is 1. The molecule has 0 spiro atoms. The maximum atomic E-state index is 6.18. The lowest BCUT2D eigenvalue weighted by Gasteiger charge is -2.44. The van der Waals surface area contributed by atoms with Crippen LogP contribution in [-0.4, -0.2) is 40.6 Å². The van der Waals surface area contributed by atoms with Crippen molar-refractivity contribution in [2.45, 2.75) is 18.9 Å². The SMILES string of the molecule is c1cc2cc(-c3ccc(OC4CN5CCC4CC5)nc3)ccc2[nH]1. The lowest BCUT2D eigenvalue weighted by Crippen LogP contribution is -2.52. The van der Waals surface area contributed by atoms with Crippen LogP contribution in [0.1, 0.15) is 12.8 Å². The Morgan fingerprint density at radius 1 is 1.04 bits per heavy atom. The van der Waals surface area contributed by atoms with Gasteiger partial charge in [-0.2, -0.15) is 0 Å². The summed E-state index contributed by atoms with van der Waals surface area (Å²) in [6.07, 6.45) is 6.73. The lowest BCUT2D eigenvalue weighted by molar-refractivity contribution is -0.00992. The van der Waals surface area contributed by atoms with Crippen molar-refractivity contribution in [2.75, 3.05) is 19.6 Å². The number of aromatic amines is 1. The number of piperidine rings is 3. The molecule has 0 amide bonds. The van der Waals surface area contributed by atoms with Gasteiger partial charge in [-0.1, -0.05) is 6.07 Å². The van der Waals surface area contributed by atoms with Gasteiger partial charge in [-0.15, -0.1) is 0 Å². The third-order valence-corrected chi connectivity index (χ3v) is 5.49. The van der Waals surface area contributed by atoms with Crippen molar-refractivity contribution < 1.29 is 4.74 Å². The lowest BCUT2D eigenvalue weighted by atomic mass is 9.86. The molecule has 24 heavy (non-hydrogen) atoms. The topological polar surface area (TPSA) is 41.1 Å². The second-order valence-electron chi connectivity index (χ2n) is 6.96. The fourth-order valence-corrected chi connectivity index (χ4v) is 4.05. The van der Waals surface area contributed by atoms with E-state index in [4.69, 9.17) is 4.74 Å². The fraction of sp³-hybridized carbons (Fsp3) is 0.350. The Labute approximate surface area is 141 Å². The van der Waals surface area contributed by atoms with Gasteiger partial charge in [0, 0.05) is 36.1 Å². The van der Waals surface area contributed by atoms with Crippen LogP contribution in [0.3, 0.4) is 0 Å². The van der Waals surface area contributed by atoms with E-state index in [1.165, 1.54) is 36.9 Å². The third kappa shape index (κ3) is 2.47. The first-order valence-electron chi connectivity index (χ1n) is 8.78.